The van der Waals surface area contributed by atoms with E-state index in [9.17, 15) is 4.79 Å². The van der Waals surface area contributed by atoms with Crippen LogP contribution in [-0.2, 0) is 4.79 Å². The van der Waals surface area contributed by atoms with Crippen LogP contribution in [0.15, 0.2) is 24.3 Å². The average Bonchev–Trinajstić information content (AvgIpc) is 2.17. The van der Waals surface area contributed by atoms with Gasteiger partial charge in [-0.3, -0.25) is 4.79 Å². The zero-order valence-electron chi connectivity index (χ0n) is 7.60. The van der Waals surface area contributed by atoms with Crippen molar-refractivity contribution in [3.05, 3.63) is 35.4 Å². The third-order valence-electron chi connectivity index (χ3n) is 1.88. The van der Waals surface area contributed by atoms with Crippen molar-refractivity contribution in [1.82, 2.24) is 0 Å². The Hall–Kier alpha value is -1.79. The van der Waals surface area contributed by atoms with E-state index >= 15 is 0 Å². The molecule has 3 N–H and O–H groups in total. The summed E-state index contributed by atoms with van der Waals surface area (Å²) >= 11 is 0. The highest BCUT2D eigenvalue weighted by Gasteiger charge is 2.10. The van der Waals surface area contributed by atoms with E-state index in [-0.39, 0.29) is 6.42 Å². The number of carboxylic acid groups (broad SMARTS) is 1. The summed E-state index contributed by atoms with van der Waals surface area (Å²) in [6.45, 7) is 0. The van der Waals surface area contributed by atoms with Gasteiger partial charge in [0.1, 0.15) is 0 Å². The number of aliphatic carboxylic acids is 1. The van der Waals surface area contributed by atoms with Gasteiger partial charge in [-0.1, -0.05) is 18.1 Å². The van der Waals surface area contributed by atoms with Crippen LogP contribution in [0.2, 0.25) is 0 Å². The van der Waals surface area contributed by atoms with Crippen molar-refractivity contribution >= 4 is 5.97 Å². The molecule has 0 aliphatic carbocycles. The lowest BCUT2D eigenvalue weighted by atomic mass is 10.0. The molecule has 0 aliphatic heterocycles. The Kier molecular flexibility index (Phi) is 3.27. The summed E-state index contributed by atoms with van der Waals surface area (Å²) in [6, 6.07) is 6.55. The summed E-state index contributed by atoms with van der Waals surface area (Å²) in [7, 11) is 0. The smallest absolute Gasteiger partial charge is 0.305 e. The molecule has 72 valence electrons. The summed E-state index contributed by atoms with van der Waals surface area (Å²) in [5.74, 6) is 1.56. The molecule has 1 unspecified atom stereocenters. The van der Waals surface area contributed by atoms with Gasteiger partial charge in [0.25, 0.3) is 0 Å². The van der Waals surface area contributed by atoms with Gasteiger partial charge in [-0.25, -0.2) is 0 Å². The molecule has 3 nitrogen and oxygen atoms in total. The van der Waals surface area contributed by atoms with Crippen LogP contribution in [0.5, 0.6) is 0 Å². The third kappa shape index (κ3) is 2.61. The fourth-order valence-corrected chi connectivity index (χ4v) is 1.17. The van der Waals surface area contributed by atoms with Crippen LogP contribution in [0.4, 0.5) is 0 Å². The molecule has 0 radical (unpaired) electrons. The average molecular weight is 189 g/mol. The van der Waals surface area contributed by atoms with Crippen LogP contribution in [0.25, 0.3) is 0 Å². The largest absolute Gasteiger partial charge is 0.481 e. The molecule has 1 aromatic carbocycles. The molecule has 0 saturated heterocycles. The molecule has 1 rings (SSSR count). The SMILES string of the molecule is C#Cc1cccc(C(N)CC(=O)O)c1. The molecule has 1 aromatic rings. The van der Waals surface area contributed by atoms with E-state index in [4.69, 9.17) is 17.3 Å². The molecule has 0 saturated carbocycles. The summed E-state index contributed by atoms with van der Waals surface area (Å²) in [6.07, 6.45) is 5.12. The summed E-state index contributed by atoms with van der Waals surface area (Å²) in [5.41, 5.74) is 7.13. The fourth-order valence-electron chi connectivity index (χ4n) is 1.17. The lowest BCUT2D eigenvalue weighted by Crippen LogP contribution is -2.14. The van der Waals surface area contributed by atoms with Crippen molar-refractivity contribution in [2.24, 2.45) is 5.73 Å². The molecule has 0 fully saturated rings. The normalized spacial score (nSPS) is 11.7. The summed E-state index contributed by atoms with van der Waals surface area (Å²) in [4.78, 5) is 10.4. The Bertz CT molecular complexity index is 379. The second-order valence-electron chi connectivity index (χ2n) is 2.97. The minimum absolute atomic E-state index is 0.0893. The van der Waals surface area contributed by atoms with Crippen molar-refractivity contribution < 1.29 is 9.90 Å². The van der Waals surface area contributed by atoms with Crippen molar-refractivity contribution in [3.63, 3.8) is 0 Å². The second kappa shape index (κ2) is 4.45. The number of hydrogen-bond acceptors (Lipinski definition) is 2. The molecule has 0 bridgehead atoms. The Morgan fingerprint density at radius 1 is 1.64 bits per heavy atom. The third-order valence-corrected chi connectivity index (χ3v) is 1.88. The number of terminal acetylenes is 1. The van der Waals surface area contributed by atoms with Gasteiger partial charge < -0.3 is 10.8 Å². The highest BCUT2D eigenvalue weighted by atomic mass is 16.4. The Labute approximate surface area is 82.6 Å². The maximum absolute atomic E-state index is 10.4. The van der Waals surface area contributed by atoms with E-state index in [1.807, 2.05) is 0 Å². The minimum Gasteiger partial charge on any atom is -0.481 e. The zero-order valence-corrected chi connectivity index (χ0v) is 7.60. The number of rotatable bonds is 3. The molecule has 3 heteroatoms. The number of carboxylic acids is 1. The minimum atomic E-state index is -0.913. The van der Waals surface area contributed by atoms with E-state index in [1.165, 1.54) is 0 Å². The van der Waals surface area contributed by atoms with E-state index in [0.29, 0.717) is 5.56 Å². The topological polar surface area (TPSA) is 63.3 Å². The van der Waals surface area contributed by atoms with E-state index < -0.39 is 12.0 Å². The van der Waals surface area contributed by atoms with E-state index in [0.717, 1.165) is 5.56 Å². The zero-order chi connectivity index (χ0) is 10.6. The Morgan fingerprint density at radius 2 is 2.36 bits per heavy atom. The quantitative estimate of drug-likeness (QED) is 0.701. The Morgan fingerprint density at radius 3 is 2.93 bits per heavy atom. The van der Waals surface area contributed by atoms with Crippen molar-refractivity contribution in [1.29, 1.82) is 0 Å². The molecule has 0 amide bonds. The molecule has 1 atom stereocenters. The van der Waals surface area contributed by atoms with Crippen LogP contribution >= 0.6 is 0 Å². The maximum atomic E-state index is 10.4. The number of nitrogens with two attached hydrogens (primary N) is 1. The van der Waals surface area contributed by atoms with Gasteiger partial charge in [0.15, 0.2) is 0 Å². The number of carbonyl (C=O) groups is 1. The van der Waals surface area contributed by atoms with Crippen LogP contribution in [0, 0.1) is 12.3 Å². The predicted molar refractivity (Wildman–Crippen MR) is 53.6 cm³/mol. The van der Waals surface area contributed by atoms with Gasteiger partial charge in [-0.05, 0) is 17.7 Å². The number of benzene rings is 1. The first kappa shape index (κ1) is 10.3. The highest BCUT2D eigenvalue weighted by molar-refractivity contribution is 5.67. The first-order chi connectivity index (χ1) is 6.63. The van der Waals surface area contributed by atoms with E-state index in [2.05, 4.69) is 5.92 Å². The summed E-state index contributed by atoms with van der Waals surface area (Å²) < 4.78 is 0. The van der Waals surface area contributed by atoms with Crippen molar-refractivity contribution in [2.75, 3.05) is 0 Å². The molecule has 0 aromatic heterocycles. The van der Waals surface area contributed by atoms with Gasteiger partial charge in [0.05, 0.1) is 6.42 Å². The lowest BCUT2D eigenvalue weighted by molar-refractivity contribution is -0.137. The van der Waals surface area contributed by atoms with Gasteiger partial charge in [-0.15, -0.1) is 6.42 Å². The van der Waals surface area contributed by atoms with Crippen molar-refractivity contribution in [3.8, 4) is 12.3 Å². The molecule has 0 aliphatic rings. The van der Waals surface area contributed by atoms with Gasteiger partial charge in [0.2, 0.25) is 0 Å². The van der Waals surface area contributed by atoms with Gasteiger partial charge >= 0.3 is 5.97 Å². The van der Waals surface area contributed by atoms with Crippen LogP contribution in [0.1, 0.15) is 23.6 Å². The Balaban J connectivity index is 2.85. The lowest BCUT2D eigenvalue weighted by Gasteiger charge is -2.09. The van der Waals surface area contributed by atoms with Gasteiger partial charge in [0, 0.05) is 11.6 Å². The molecular formula is C11H11NO2. The first-order valence-electron chi connectivity index (χ1n) is 4.17. The monoisotopic (exact) mass is 189 g/mol. The molecule has 0 spiro atoms. The maximum Gasteiger partial charge on any atom is 0.305 e. The fraction of sp³-hybridized carbons (Fsp3) is 0.182. The van der Waals surface area contributed by atoms with Crippen LogP contribution < -0.4 is 5.73 Å². The number of hydrogen-bond donors (Lipinski definition) is 2. The molecule has 0 heterocycles. The van der Waals surface area contributed by atoms with E-state index in [1.54, 1.807) is 24.3 Å². The predicted octanol–water partition coefficient (Wildman–Crippen LogP) is 1.14. The van der Waals surface area contributed by atoms with Gasteiger partial charge in [-0.2, -0.15) is 0 Å². The molecular weight excluding hydrogens is 178 g/mol. The second-order valence-corrected chi connectivity index (χ2v) is 2.97. The highest BCUT2D eigenvalue weighted by Crippen LogP contribution is 2.14. The first-order valence-corrected chi connectivity index (χ1v) is 4.17. The molecule has 14 heavy (non-hydrogen) atoms. The van der Waals surface area contributed by atoms with Crippen LogP contribution in [0.3, 0.4) is 0 Å². The standard InChI is InChI=1S/C11H11NO2/c1-2-8-4-3-5-9(6-8)10(12)7-11(13)14/h1,3-6,10H,7,12H2,(H,13,14). The van der Waals surface area contributed by atoms with Crippen LogP contribution in [-0.4, -0.2) is 11.1 Å². The summed E-state index contributed by atoms with van der Waals surface area (Å²) in [5, 5.41) is 8.55. The van der Waals surface area contributed by atoms with Crippen molar-refractivity contribution in [2.45, 2.75) is 12.5 Å².